The number of aliphatic hydroxyl groups is 1. The summed E-state index contributed by atoms with van der Waals surface area (Å²) in [5.74, 6) is -1.15. The van der Waals surface area contributed by atoms with Gasteiger partial charge in [0, 0.05) is 30.1 Å². The van der Waals surface area contributed by atoms with E-state index in [-0.39, 0.29) is 38.3 Å². The molecular weight excluding hydrogens is 502 g/mol. The molecule has 0 unspecified atom stereocenters. The van der Waals surface area contributed by atoms with Crippen LogP contribution in [0.4, 0.5) is 14.6 Å². The number of halogens is 4. The van der Waals surface area contributed by atoms with E-state index in [1.54, 1.807) is 0 Å². The highest BCUT2D eigenvalue weighted by Gasteiger charge is 2.51. The molecule has 0 amide bonds. The van der Waals surface area contributed by atoms with Crippen LogP contribution in [0.25, 0.3) is 10.9 Å². The molecule has 2 saturated heterocycles. The minimum Gasteiger partial charge on any atom is -0.391 e. The minimum absolute atomic E-state index is 0.0341. The molecule has 168 valence electrons. The first kappa shape index (κ1) is 21.9. The van der Waals surface area contributed by atoms with Crippen molar-refractivity contribution >= 4 is 44.3 Å². The fourth-order valence-corrected chi connectivity index (χ4v) is 5.81. The lowest BCUT2D eigenvalue weighted by Gasteiger charge is -2.50. The molecule has 5 nitrogen and oxygen atoms in total. The first-order chi connectivity index (χ1) is 15.2. The second-order valence-corrected chi connectivity index (χ2v) is 10.1. The Morgan fingerprint density at radius 2 is 1.88 bits per heavy atom. The summed E-state index contributed by atoms with van der Waals surface area (Å²) in [4.78, 5) is 12.7. The summed E-state index contributed by atoms with van der Waals surface area (Å²) in [5.41, 5.74) is 0.838. The van der Waals surface area contributed by atoms with E-state index >= 15 is 0 Å². The van der Waals surface area contributed by atoms with Gasteiger partial charge in [-0.2, -0.15) is 4.98 Å². The highest BCUT2D eigenvalue weighted by Crippen LogP contribution is 2.43. The van der Waals surface area contributed by atoms with Gasteiger partial charge in [0.15, 0.2) is 5.82 Å². The zero-order chi connectivity index (χ0) is 22.8. The lowest BCUT2D eigenvalue weighted by molar-refractivity contribution is 0.0222. The molecule has 2 aliphatic heterocycles. The number of aromatic nitrogens is 2. The van der Waals surface area contributed by atoms with Crippen molar-refractivity contribution in [3.05, 3.63) is 63.4 Å². The zero-order valence-corrected chi connectivity index (χ0v) is 19.9. The summed E-state index contributed by atoms with van der Waals surface area (Å²) in [6, 6.07) is 11.3. The molecule has 1 N–H and O–H groups in total. The Morgan fingerprint density at radius 1 is 1.16 bits per heavy atom. The normalized spacial score (nSPS) is 23.8. The van der Waals surface area contributed by atoms with Crippen LogP contribution in [0.3, 0.4) is 0 Å². The summed E-state index contributed by atoms with van der Waals surface area (Å²) in [6.07, 6.45) is 0.0989. The van der Waals surface area contributed by atoms with Crippen LogP contribution in [-0.4, -0.2) is 51.3 Å². The van der Waals surface area contributed by atoms with Crippen molar-refractivity contribution in [3.63, 3.8) is 0 Å². The number of piperazine rings is 1. The molecule has 32 heavy (non-hydrogen) atoms. The Kier molecular flexibility index (Phi) is 5.40. The topological polar surface area (TPSA) is 52.5 Å². The molecule has 0 aliphatic carbocycles. The van der Waals surface area contributed by atoms with Gasteiger partial charge in [0.1, 0.15) is 17.2 Å². The van der Waals surface area contributed by atoms with Crippen molar-refractivity contribution < 1.29 is 13.9 Å². The minimum atomic E-state index is -0.808. The molecule has 2 aromatic carbocycles. The molecule has 2 bridgehead atoms. The molecule has 0 saturated carbocycles. The van der Waals surface area contributed by atoms with Crippen molar-refractivity contribution in [1.29, 1.82) is 0 Å². The quantitative estimate of drug-likeness (QED) is 0.392. The van der Waals surface area contributed by atoms with Crippen LogP contribution in [0.2, 0.25) is 5.28 Å². The third-order valence-corrected chi connectivity index (χ3v) is 7.65. The Morgan fingerprint density at radius 3 is 2.56 bits per heavy atom. The van der Waals surface area contributed by atoms with E-state index < -0.39 is 17.7 Å². The van der Waals surface area contributed by atoms with Crippen LogP contribution in [0, 0.1) is 11.6 Å². The van der Waals surface area contributed by atoms with Gasteiger partial charge >= 0.3 is 0 Å². The molecule has 3 atom stereocenters. The number of rotatable bonds is 3. The van der Waals surface area contributed by atoms with Gasteiger partial charge in [-0.1, -0.05) is 30.3 Å². The lowest BCUT2D eigenvalue weighted by Crippen LogP contribution is -2.61. The average molecular weight is 524 g/mol. The first-order valence-corrected chi connectivity index (χ1v) is 11.6. The smallest absolute Gasteiger partial charge is 0.225 e. The number of nitrogens with zero attached hydrogens (tertiary/aromatic N) is 4. The summed E-state index contributed by atoms with van der Waals surface area (Å²) in [7, 11) is 0. The standard InChI is InChI=1S/C23H22BrClF2N4O/c1-23(2,12-6-4-3-5-7-12)31-13-8-17(32)16(31)11-30(10-13)21-14-9-15(26)18(24)19(27)20(14)28-22(25)29-21/h3-7,9,13,16-17,32H,8,10-11H2,1-2H3/t13-,16-,17+/m1/s1. The van der Waals surface area contributed by atoms with Crippen LogP contribution in [0.5, 0.6) is 0 Å². The third kappa shape index (κ3) is 3.39. The predicted molar refractivity (Wildman–Crippen MR) is 124 cm³/mol. The number of fused-ring (bicyclic) bond motifs is 3. The van der Waals surface area contributed by atoms with E-state index in [2.05, 4.69) is 56.8 Å². The monoisotopic (exact) mass is 522 g/mol. The van der Waals surface area contributed by atoms with Gasteiger partial charge in [-0.05, 0) is 59.4 Å². The molecule has 1 aromatic heterocycles. The largest absolute Gasteiger partial charge is 0.391 e. The molecular formula is C23H22BrClF2N4O. The SMILES string of the molecule is CC(C)(c1ccccc1)N1[C@@H]2C[C@H](O)[C@H]1CN(c1nc(Cl)nc3c(F)c(Br)c(F)cc13)C2. The van der Waals surface area contributed by atoms with E-state index in [4.69, 9.17) is 11.6 Å². The lowest BCUT2D eigenvalue weighted by atomic mass is 9.89. The number of anilines is 1. The fraction of sp³-hybridized carbons (Fsp3) is 0.391. The maximum atomic E-state index is 14.7. The van der Waals surface area contributed by atoms with Gasteiger partial charge in [0.2, 0.25) is 5.28 Å². The predicted octanol–water partition coefficient (Wildman–Crippen LogP) is 4.88. The summed E-state index contributed by atoms with van der Waals surface area (Å²) in [5, 5.41) is 11.0. The molecule has 2 aliphatic rings. The maximum Gasteiger partial charge on any atom is 0.225 e. The van der Waals surface area contributed by atoms with E-state index in [9.17, 15) is 13.9 Å². The van der Waals surface area contributed by atoms with Gasteiger partial charge in [-0.15, -0.1) is 0 Å². The summed E-state index contributed by atoms with van der Waals surface area (Å²) < 4.78 is 28.8. The fourth-order valence-electron chi connectivity index (χ4n) is 5.34. The zero-order valence-electron chi connectivity index (χ0n) is 17.6. The van der Waals surface area contributed by atoms with E-state index in [0.29, 0.717) is 25.3 Å². The number of aliphatic hydroxyl groups excluding tert-OH is 1. The van der Waals surface area contributed by atoms with Gasteiger partial charge in [0.05, 0.1) is 16.6 Å². The molecule has 3 heterocycles. The van der Waals surface area contributed by atoms with Gasteiger partial charge in [0.25, 0.3) is 0 Å². The number of hydrogen-bond acceptors (Lipinski definition) is 5. The Bertz CT molecular complexity index is 1200. The molecule has 2 fully saturated rings. The molecule has 9 heteroatoms. The third-order valence-electron chi connectivity index (χ3n) is 6.75. The van der Waals surface area contributed by atoms with Crippen molar-refractivity contribution in [2.45, 2.75) is 44.0 Å². The van der Waals surface area contributed by atoms with Crippen molar-refractivity contribution in [3.8, 4) is 0 Å². The summed E-state index contributed by atoms with van der Waals surface area (Å²) >= 11 is 9.05. The van der Waals surface area contributed by atoms with Crippen molar-refractivity contribution in [2.75, 3.05) is 18.0 Å². The first-order valence-electron chi connectivity index (χ1n) is 10.5. The molecule has 0 spiro atoms. The van der Waals surface area contributed by atoms with Crippen LogP contribution in [-0.2, 0) is 5.54 Å². The Balaban J connectivity index is 1.55. The van der Waals surface area contributed by atoms with Crippen molar-refractivity contribution in [1.82, 2.24) is 14.9 Å². The summed E-state index contributed by atoms with van der Waals surface area (Å²) in [6.45, 7) is 5.33. The highest BCUT2D eigenvalue weighted by atomic mass is 79.9. The number of hydrogen-bond donors (Lipinski definition) is 1. The Hall–Kier alpha value is -1.87. The number of benzene rings is 2. The average Bonchev–Trinajstić information content (AvgIpc) is 2.98. The van der Waals surface area contributed by atoms with Crippen LogP contribution in [0.1, 0.15) is 25.8 Å². The van der Waals surface area contributed by atoms with E-state index in [1.165, 1.54) is 11.6 Å². The Labute approximate surface area is 198 Å². The molecule has 0 radical (unpaired) electrons. The molecule has 5 rings (SSSR count). The van der Waals surface area contributed by atoms with Gasteiger partial charge in [-0.25, -0.2) is 13.8 Å². The van der Waals surface area contributed by atoms with E-state index in [0.717, 1.165) is 0 Å². The van der Waals surface area contributed by atoms with Gasteiger partial charge < -0.3 is 10.0 Å². The maximum absolute atomic E-state index is 14.7. The van der Waals surface area contributed by atoms with Gasteiger partial charge in [-0.3, -0.25) is 4.90 Å². The van der Waals surface area contributed by atoms with E-state index in [1.807, 2.05) is 23.1 Å². The van der Waals surface area contributed by atoms with Crippen LogP contribution in [0.15, 0.2) is 40.9 Å². The van der Waals surface area contributed by atoms with Crippen LogP contribution < -0.4 is 4.90 Å². The second-order valence-electron chi connectivity index (χ2n) is 8.96. The van der Waals surface area contributed by atoms with Crippen LogP contribution >= 0.6 is 27.5 Å². The highest BCUT2D eigenvalue weighted by molar-refractivity contribution is 9.10. The molecule has 3 aromatic rings. The van der Waals surface area contributed by atoms with Crippen molar-refractivity contribution in [2.24, 2.45) is 0 Å². The second kappa shape index (κ2) is 7.87.